The average molecular weight is 261 g/mol. The summed E-state index contributed by atoms with van der Waals surface area (Å²) < 4.78 is 10.2. The summed E-state index contributed by atoms with van der Waals surface area (Å²) in [5.74, 6) is -0.881. The smallest absolute Gasteiger partial charge is 0.374 e. The Morgan fingerprint density at radius 1 is 1.32 bits per heavy atom. The number of fused-ring (bicyclic) bond motifs is 1. The molecule has 0 radical (unpaired) electrons. The number of amides is 1. The maximum absolute atomic E-state index is 11.7. The highest BCUT2D eigenvalue weighted by atomic mass is 16.5. The lowest BCUT2D eigenvalue weighted by molar-refractivity contribution is -0.124. The first-order valence-corrected chi connectivity index (χ1v) is 6.01. The highest BCUT2D eigenvalue weighted by Gasteiger charge is 2.15. The molecule has 0 atom stereocenters. The summed E-state index contributed by atoms with van der Waals surface area (Å²) in [6.07, 6.45) is 0. The summed E-state index contributed by atoms with van der Waals surface area (Å²) in [4.78, 5) is 23.1. The van der Waals surface area contributed by atoms with Gasteiger partial charge >= 0.3 is 5.97 Å². The van der Waals surface area contributed by atoms with Crippen LogP contribution in [0.4, 0.5) is 0 Å². The van der Waals surface area contributed by atoms with E-state index in [0.29, 0.717) is 5.58 Å². The van der Waals surface area contributed by atoms with Crippen molar-refractivity contribution in [1.82, 2.24) is 5.32 Å². The largest absolute Gasteiger partial charge is 0.450 e. The summed E-state index contributed by atoms with van der Waals surface area (Å²) >= 11 is 0. The predicted octanol–water partition coefficient (Wildman–Crippen LogP) is 2.11. The van der Waals surface area contributed by atoms with Crippen molar-refractivity contribution >= 4 is 22.8 Å². The number of rotatable bonds is 4. The van der Waals surface area contributed by atoms with Crippen LogP contribution in [0.3, 0.4) is 0 Å². The molecule has 5 heteroatoms. The molecule has 0 saturated carbocycles. The first-order chi connectivity index (χ1) is 9.06. The number of hydrogen-bond donors (Lipinski definition) is 1. The lowest BCUT2D eigenvalue weighted by Gasteiger charge is -2.07. The molecule has 19 heavy (non-hydrogen) atoms. The number of hydrogen-bond acceptors (Lipinski definition) is 4. The monoisotopic (exact) mass is 261 g/mol. The van der Waals surface area contributed by atoms with E-state index in [0.717, 1.165) is 5.39 Å². The van der Waals surface area contributed by atoms with E-state index in [-0.39, 0.29) is 24.3 Å². The Balaban J connectivity index is 1.98. The Labute approximate surface area is 110 Å². The Bertz CT molecular complexity index is 567. The molecule has 2 rings (SSSR count). The van der Waals surface area contributed by atoms with Crippen LogP contribution in [0.5, 0.6) is 0 Å². The Hall–Kier alpha value is -2.30. The molecule has 0 bridgehead atoms. The SMILES string of the molecule is CC(C)NC(=O)COC(=O)c1cc2ccccc2o1. The van der Waals surface area contributed by atoms with Gasteiger partial charge in [0.25, 0.3) is 5.91 Å². The van der Waals surface area contributed by atoms with E-state index < -0.39 is 5.97 Å². The van der Waals surface area contributed by atoms with Crippen LogP contribution in [-0.4, -0.2) is 24.5 Å². The molecule has 0 spiro atoms. The zero-order valence-electron chi connectivity index (χ0n) is 10.8. The van der Waals surface area contributed by atoms with Crippen LogP contribution in [0, 0.1) is 0 Å². The number of benzene rings is 1. The third-order valence-electron chi connectivity index (χ3n) is 2.41. The van der Waals surface area contributed by atoms with Crippen molar-refractivity contribution in [2.24, 2.45) is 0 Å². The van der Waals surface area contributed by atoms with Gasteiger partial charge < -0.3 is 14.5 Å². The minimum absolute atomic E-state index is 0.0115. The molecule has 0 fully saturated rings. The summed E-state index contributed by atoms with van der Waals surface area (Å²) in [6.45, 7) is 3.35. The number of para-hydroxylation sites is 1. The van der Waals surface area contributed by atoms with E-state index in [1.165, 1.54) is 0 Å². The van der Waals surface area contributed by atoms with Crippen molar-refractivity contribution in [3.05, 3.63) is 36.1 Å². The Kier molecular flexibility index (Phi) is 3.85. The molecule has 0 aliphatic heterocycles. The fraction of sp³-hybridized carbons (Fsp3) is 0.286. The number of esters is 1. The van der Waals surface area contributed by atoms with Crippen LogP contribution in [0.1, 0.15) is 24.4 Å². The summed E-state index contributed by atoms with van der Waals surface area (Å²) in [6, 6.07) is 8.87. The highest BCUT2D eigenvalue weighted by Crippen LogP contribution is 2.19. The van der Waals surface area contributed by atoms with E-state index in [9.17, 15) is 9.59 Å². The number of carbonyl (C=O) groups excluding carboxylic acids is 2. The van der Waals surface area contributed by atoms with E-state index in [4.69, 9.17) is 9.15 Å². The van der Waals surface area contributed by atoms with Gasteiger partial charge in [0, 0.05) is 11.4 Å². The van der Waals surface area contributed by atoms with Gasteiger partial charge in [-0.25, -0.2) is 4.79 Å². The number of carbonyl (C=O) groups is 2. The van der Waals surface area contributed by atoms with Crippen LogP contribution < -0.4 is 5.32 Å². The summed E-state index contributed by atoms with van der Waals surface area (Å²) in [7, 11) is 0. The van der Waals surface area contributed by atoms with E-state index in [1.807, 2.05) is 32.0 Å². The molecule has 100 valence electrons. The Morgan fingerprint density at radius 2 is 2.05 bits per heavy atom. The molecule has 1 amide bonds. The lowest BCUT2D eigenvalue weighted by Crippen LogP contribution is -2.33. The molecule has 1 aromatic heterocycles. The molecule has 1 aromatic carbocycles. The minimum atomic E-state index is -0.643. The fourth-order valence-electron chi connectivity index (χ4n) is 1.65. The first-order valence-electron chi connectivity index (χ1n) is 6.01. The van der Waals surface area contributed by atoms with Crippen molar-refractivity contribution in [3.8, 4) is 0 Å². The van der Waals surface area contributed by atoms with E-state index in [2.05, 4.69) is 5.32 Å². The summed E-state index contributed by atoms with van der Waals surface area (Å²) in [5, 5.41) is 3.45. The van der Waals surface area contributed by atoms with E-state index >= 15 is 0 Å². The van der Waals surface area contributed by atoms with Gasteiger partial charge in [-0.1, -0.05) is 18.2 Å². The number of furan rings is 1. The van der Waals surface area contributed by atoms with Gasteiger partial charge in [-0.3, -0.25) is 4.79 Å². The van der Waals surface area contributed by atoms with Crippen LogP contribution in [-0.2, 0) is 9.53 Å². The molecule has 0 unspecified atom stereocenters. The molecule has 0 aliphatic rings. The zero-order chi connectivity index (χ0) is 13.8. The molecule has 2 aromatic rings. The van der Waals surface area contributed by atoms with Gasteiger partial charge in [-0.2, -0.15) is 0 Å². The third-order valence-corrected chi connectivity index (χ3v) is 2.41. The van der Waals surface area contributed by atoms with Gasteiger partial charge in [0.1, 0.15) is 5.58 Å². The number of ether oxygens (including phenoxy) is 1. The molecular formula is C14H15NO4. The van der Waals surface area contributed by atoms with Gasteiger partial charge in [0.05, 0.1) is 0 Å². The van der Waals surface area contributed by atoms with Crippen molar-refractivity contribution in [1.29, 1.82) is 0 Å². The van der Waals surface area contributed by atoms with Crippen molar-refractivity contribution in [3.63, 3.8) is 0 Å². The van der Waals surface area contributed by atoms with Crippen LogP contribution >= 0.6 is 0 Å². The standard InChI is InChI=1S/C14H15NO4/c1-9(2)15-13(16)8-18-14(17)12-7-10-5-3-4-6-11(10)19-12/h3-7,9H,8H2,1-2H3,(H,15,16). The second-order valence-corrected chi connectivity index (χ2v) is 4.45. The number of nitrogens with one attached hydrogen (secondary N) is 1. The van der Waals surface area contributed by atoms with Gasteiger partial charge in [0.15, 0.2) is 6.61 Å². The van der Waals surface area contributed by atoms with Crippen LogP contribution in [0.25, 0.3) is 11.0 Å². The lowest BCUT2D eigenvalue weighted by atomic mass is 10.2. The molecule has 1 N–H and O–H groups in total. The first kappa shape index (κ1) is 13.1. The van der Waals surface area contributed by atoms with Crippen molar-refractivity contribution < 1.29 is 18.7 Å². The molecule has 0 aliphatic carbocycles. The normalized spacial score (nSPS) is 10.7. The fourth-order valence-corrected chi connectivity index (χ4v) is 1.65. The minimum Gasteiger partial charge on any atom is -0.450 e. The molecule has 5 nitrogen and oxygen atoms in total. The van der Waals surface area contributed by atoms with Gasteiger partial charge in [0.2, 0.25) is 5.76 Å². The molecule has 1 heterocycles. The Morgan fingerprint density at radius 3 is 2.74 bits per heavy atom. The van der Waals surface area contributed by atoms with Gasteiger partial charge in [-0.15, -0.1) is 0 Å². The summed E-state index contributed by atoms with van der Waals surface area (Å²) in [5.41, 5.74) is 0.612. The maximum atomic E-state index is 11.7. The molecule has 0 saturated heterocycles. The predicted molar refractivity (Wildman–Crippen MR) is 69.8 cm³/mol. The second-order valence-electron chi connectivity index (χ2n) is 4.45. The highest BCUT2D eigenvalue weighted by molar-refractivity contribution is 5.93. The van der Waals surface area contributed by atoms with Crippen LogP contribution in [0.15, 0.2) is 34.7 Å². The van der Waals surface area contributed by atoms with Gasteiger partial charge in [-0.05, 0) is 26.0 Å². The topological polar surface area (TPSA) is 68.5 Å². The third kappa shape index (κ3) is 3.34. The van der Waals surface area contributed by atoms with Crippen LogP contribution in [0.2, 0.25) is 0 Å². The van der Waals surface area contributed by atoms with Crippen molar-refractivity contribution in [2.45, 2.75) is 19.9 Å². The second kappa shape index (κ2) is 5.56. The zero-order valence-corrected chi connectivity index (χ0v) is 10.8. The maximum Gasteiger partial charge on any atom is 0.374 e. The van der Waals surface area contributed by atoms with Crippen molar-refractivity contribution in [2.75, 3.05) is 6.61 Å². The average Bonchev–Trinajstić information content (AvgIpc) is 2.78. The van der Waals surface area contributed by atoms with E-state index in [1.54, 1.807) is 12.1 Å². The molecular weight excluding hydrogens is 246 g/mol. The quantitative estimate of drug-likeness (QED) is 0.856.